The number of nitrogens with two attached hydrogens (primary N) is 1. The lowest BCUT2D eigenvalue weighted by atomic mass is 10.1. The molecule has 0 saturated carbocycles. The lowest BCUT2D eigenvalue weighted by molar-refractivity contribution is 0.281. The zero-order valence-electron chi connectivity index (χ0n) is 10.5. The maximum Gasteiger partial charge on any atom is 0.0681 e. The van der Waals surface area contributed by atoms with Gasteiger partial charge in [0.1, 0.15) is 0 Å². The SMILES string of the molecule is Cc1cccc(NCc2cccc(CO)c2)c1N. The van der Waals surface area contributed by atoms with E-state index in [0.29, 0.717) is 6.54 Å². The van der Waals surface area contributed by atoms with Crippen LogP contribution < -0.4 is 11.1 Å². The third-order valence-corrected chi connectivity index (χ3v) is 2.98. The summed E-state index contributed by atoms with van der Waals surface area (Å²) >= 11 is 0. The lowest BCUT2D eigenvalue weighted by Crippen LogP contribution is -2.03. The summed E-state index contributed by atoms with van der Waals surface area (Å²) in [5, 5.41) is 12.4. The molecule has 2 aromatic carbocycles. The van der Waals surface area contributed by atoms with Gasteiger partial charge in [0.25, 0.3) is 0 Å². The normalized spacial score (nSPS) is 10.3. The number of para-hydroxylation sites is 1. The van der Waals surface area contributed by atoms with Crippen LogP contribution in [-0.4, -0.2) is 5.11 Å². The molecular weight excluding hydrogens is 224 g/mol. The van der Waals surface area contributed by atoms with Crippen molar-refractivity contribution in [3.63, 3.8) is 0 Å². The van der Waals surface area contributed by atoms with Crippen molar-refractivity contribution in [2.24, 2.45) is 0 Å². The first-order valence-electron chi connectivity index (χ1n) is 5.98. The molecule has 3 nitrogen and oxygen atoms in total. The molecule has 0 aliphatic heterocycles. The molecule has 0 unspecified atom stereocenters. The third-order valence-electron chi connectivity index (χ3n) is 2.98. The van der Waals surface area contributed by atoms with Crippen molar-refractivity contribution in [2.45, 2.75) is 20.1 Å². The highest BCUT2D eigenvalue weighted by Gasteiger charge is 2.01. The smallest absolute Gasteiger partial charge is 0.0681 e. The van der Waals surface area contributed by atoms with Crippen molar-refractivity contribution >= 4 is 11.4 Å². The van der Waals surface area contributed by atoms with Crippen LogP contribution in [0.25, 0.3) is 0 Å². The minimum atomic E-state index is 0.0699. The van der Waals surface area contributed by atoms with Crippen molar-refractivity contribution in [3.05, 3.63) is 59.2 Å². The number of aryl methyl sites for hydroxylation is 1. The molecule has 18 heavy (non-hydrogen) atoms. The molecule has 2 aromatic rings. The van der Waals surface area contributed by atoms with Gasteiger partial charge in [-0.3, -0.25) is 0 Å². The number of rotatable bonds is 4. The molecule has 0 aromatic heterocycles. The monoisotopic (exact) mass is 242 g/mol. The van der Waals surface area contributed by atoms with Gasteiger partial charge in [-0.25, -0.2) is 0 Å². The number of aliphatic hydroxyl groups is 1. The van der Waals surface area contributed by atoms with Crippen LogP contribution in [0.15, 0.2) is 42.5 Å². The standard InChI is InChI=1S/C15H18N2O/c1-11-4-2-7-14(15(11)16)17-9-12-5-3-6-13(8-12)10-18/h2-8,17-18H,9-10,16H2,1H3. The molecule has 94 valence electrons. The lowest BCUT2D eigenvalue weighted by Gasteiger charge is -2.11. The maximum absolute atomic E-state index is 9.09. The minimum Gasteiger partial charge on any atom is -0.397 e. The average Bonchev–Trinajstić information content (AvgIpc) is 2.41. The minimum absolute atomic E-state index is 0.0699. The first kappa shape index (κ1) is 12.5. The molecule has 0 saturated heterocycles. The molecular formula is C15H18N2O. The molecule has 0 aliphatic rings. The number of nitrogen functional groups attached to an aromatic ring is 1. The molecule has 4 N–H and O–H groups in total. The largest absolute Gasteiger partial charge is 0.397 e. The second-order valence-electron chi connectivity index (χ2n) is 4.37. The van der Waals surface area contributed by atoms with E-state index < -0.39 is 0 Å². The summed E-state index contributed by atoms with van der Waals surface area (Å²) in [6.07, 6.45) is 0. The van der Waals surface area contributed by atoms with Crippen molar-refractivity contribution in [2.75, 3.05) is 11.1 Å². The Bertz CT molecular complexity index is 538. The van der Waals surface area contributed by atoms with Gasteiger partial charge in [0, 0.05) is 6.54 Å². The summed E-state index contributed by atoms with van der Waals surface area (Å²) in [4.78, 5) is 0. The first-order chi connectivity index (χ1) is 8.70. The Morgan fingerprint density at radius 1 is 1.11 bits per heavy atom. The van der Waals surface area contributed by atoms with Crippen LogP contribution in [0.5, 0.6) is 0 Å². The number of aliphatic hydroxyl groups excluding tert-OH is 1. The molecule has 0 fully saturated rings. The Hall–Kier alpha value is -2.00. The van der Waals surface area contributed by atoms with E-state index in [0.717, 1.165) is 28.1 Å². The molecule has 0 heterocycles. The molecule has 0 spiro atoms. The number of hydrogen-bond donors (Lipinski definition) is 3. The highest BCUT2D eigenvalue weighted by atomic mass is 16.3. The predicted molar refractivity (Wildman–Crippen MR) is 75.3 cm³/mol. The van der Waals surface area contributed by atoms with E-state index >= 15 is 0 Å². The number of nitrogens with one attached hydrogen (secondary N) is 1. The van der Waals surface area contributed by atoms with Crippen LogP contribution in [0.2, 0.25) is 0 Å². The van der Waals surface area contributed by atoms with Gasteiger partial charge >= 0.3 is 0 Å². The van der Waals surface area contributed by atoms with Crippen LogP contribution in [0.1, 0.15) is 16.7 Å². The van der Waals surface area contributed by atoms with Gasteiger partial charge in [-0.15, -0.1) is 0 Å². The van der Waals surface area contributed by atoms with E-state index in [-0.39, 0.29) is 6.61 Å². The van der Waals surface area contributed by atoms with Crippen molar-refractivity contribution in [1.82, 2.24) is 0 Å². The van der Waals surface area contributed by atoms with E-state index in [9.17, 15) is 0 Å². The van der Waals surface area contributed by atoms with Crippen molar-refractivity contribution < 1.29 is 5.11 Å². The van der Waals surface area contributed by atoms with Gasteiger partial charge < -0.3 is 16.2 Å². The van der Waals surface area contributed by atoms with Crippen LogP contribution in [0.3, 0.4) is 0 Å². The Balaban J connectivity index is 2.09. The van der Waals surface area contributed by atoms with Gasteiger partial charge in [0.2, 0.25) is 0 Å². The van der Waals surface area contributed by atoms with Crippen molar-refractivity contribution in [1.29, 1.82) is 0 Å². The summed E-state index contributed by atoms with van der Waals surface area (Å²) in [5.74, 6) is 0. The second kappa shape index (κ2) is 5.56. The topological polar surface area (TPSA) is 58.3 Å². The fourth-order valence-electron chi connectivity index (χ4n) is 1.87. The third kappa shape index (κ3) is 2.81. The summed E-state index contributed by atoms with van der Waals surface area (Å²) in [5.41, 5.74) is 10.9. The van der Waals surface area contributed by atoms with Gasteiger partial charge in [-0.2, -0.15) is 0 Å². The summed E-state index contributed by atoms with van der Waals surface area (Å²) in [7, 11) is 0. The van der Waals surface area contributed by atoms with Gasteiger partial charge in [-0.1, -0.05) is 36.4 Å². The van der Waals surface area contributed by atoms with E-state index in [4.69, 9.17) is 10.8 Å². The summed E-state index contributed by atoms with van der Waals surface area (Å²) in [6.45, 7) is 2.76. The van der Waals surface area contributed by atoms with Gasteiger partial charge in [0.05, 0.1) is 18.0 Å². The fraction of sp³-hybridized carbons (Fsp3) is 0.200. The zero-order chi connectivity index (χ0) is 13.0. The zero-order valence-corrected chi connectivity index (χ0v) is 10.5. The number of anilines is 2. The highest BCUT2D eigenvalue weighted by molar-refractivity contribution is 5.69. The molecule has 2 rings (SSSR count). The van der Waals surface area contributed by atoms with Crippen molar-refractivity contribution in [3.8, 4) is 0 Å². The molecule has 0 aliphatic carbocycles. The van der Waals surface area contributed by atoms with Gasteiger partial charge in [-0.05, 0) is 29.7 Å². The summed E-state index contributed by atoms with van der Waals surface area (Å²) < 4.78 is 0. The Labute approximate surface area is 107 Å². The Morgan fingerprint density at radius 2 is 1.83 bits per heavy atom. The predicted octanol–water partition coefficient (Wildman–Crippen LogP) is 2.68. The quantitative estimate of drug-likeness (QED) is 0.722. The van der Waals surface area contributed by atoms with Crippen LogP contribution in [-0.2, 0) is 13.2 Å². The first-order valence-corrected chi connectivity index (χ1v) is 5.98. The van der Waals surface area contributed by atoms with E-state index in [1.54, 1.807) is 0 Å². The van der Waals surface area contributed by atoms with E-state index in [1.807, 2.05) is 49.4 Å². The second-order valence-corrected chi connectivity index (χ2v) is 4.37. The highest BCUT2D eigenvalue weighted by Crippen LogP contribution is 2.22. The maximum atomic E-state index is 9.09. The van der Waals surface area contributed by atoms with Crippen LogP contribution in [0.4, 0.5) is 11.4 Å². The molecule has 0 atom stereocenters. The van der Waals surface area contributed by atoms with Crippen LogP contribution >= 0.6 is 0 Å². The molecule has 0 radical (unpaired) electrons. The van der Waals surface area contributed by atoms with E-state index in [2.05, 4.69) is 5.32 Å². The van der Waals surface area contributed by atoms with E-state index in [1.165, 1.54) is 0 Å². The van der Waals surface area contributed by atoms with Gasteiger partial charge in [0.15, 0.2) is 0 Å². The fourth-order valence-corrected chi connectivity index (χ4v) is 1.87. The average molecular weight is 242 g/mol. The Morgan fingerprint density at radius 3 is 2.61 bits per heavy atom. The molecule has 3 heteroatoms. The molecule has 0 bridgehead atoms. The molecule has 0 amide bonds. The number of benzene rings is 2. The summed E-state index contributed by atoms with van der Waals surface area (Å²) in [6, 6.07) is 13.8. The Kier molecular flexibility index (Phi) is 3.85. The van der Waals surface area contributed by atoms with Crippen LogP contribution in [0, 0.1) is 6.92 Å². The number of hydrogen-bond acceptors (Lipinski definition) is 3.